The van der Waals surface area contributed by atoms with Crippen LogP contribution in [0.3, 0.4) is 0 Å². The van der Waals surface area contributed by atoms with Crippen molar-refractivity contribution in [3.8, 4) is 0 Å². The van der Waals surface area contributed by atoms with Crippen molar-refractivity contribution in [2.75, 3.05) is 19.6 Å². The molecule has 3 nitrogen and oxygen atoms in total. The lowest BCUT2D eigenvalue weighted by Gasteiger charge is -2.10. The topological polar surface area (TPSA) is 29.0 Å². The normalized spacial score (nSPS) is 19.3. The molecular formula is C16H23N3. The van der Waals surface area contributed by atoms with E-state index in [1.807, 2.05) is 0 Å². The molecule has 2 N–H and O–H groups in total. The van der Waals surface area contributed by atoms with Crippen LogP contribution >= 0.6 is 0 Å². The smallest absolute Gasteiger partial charge is 0.0480 e. The number of para-hydroxylation sites is 1. The van der Waals surface area contributed by atoms with Gasteiger partial charge in [-0.2, -0.15) is 0 Å². The van der Waals surface area contributed by atoms with Crippen LogP contribution in [0, 0.1) is 0 Å². The lowest BCUT2D eigenvalue weighted by Crippen LogP contribution is -2.34. The van der Waals surface area contributed by atoms with E-state index in [1.165, 1.54) is 35.9 Å². The molecule has 2 heterocycles. The van der Waals surface area contributed by atoms with Crippen LogP contribution in [0.1, 0.15) is 18.4 Å². The van der Waals surface area contributed by atoms with Crippen molar-refractivity contribution in [2.24, 2.45) is 7.05 Å². The van der Waals surface area contributed by atoms with Gasteiger partial charge in [-0.25, -0.2) is 0 Å². The van der Waals surface area contributed by atoms with Gasteiger partial charge in [-0.1, -0.05) is 18.2 Å². The SMILES string of the molecule is Cn1cc(CCNCC2CCCN2)c2ccccc21. The second-order valence-corrected chi connectivity index (χ2v) is 5.53. The first kappa shape index (κ1) is 12.7. The minimum absolute atomic E-state index is 0.688. The summed E-state index contributed by atoms with van der Waals surface area (Å²) in [5.41, 5.74) is 2.78. The summed E-state index contributed by atoms with van der Waals surface area (Å²) < 4.78 is 2.23. The monoisotopic (exact) mass is 257 g/mol. The molecule has 0 bridgehead atoms. The third-order valence-corrected chi connectivity index (χ3v) is 4.10. The first-order chi connectivity index (χ1) is 9.34. The van der Waals surface area contributed by atoms with E-state index in [-0.39, 0.29) is 0 Å². The lowest BCUT2D eigenvalue weighted by molar-refractivity contribution is 0.538. The Labute approximate surface area is 115 Å². The van der Waals surface area contributed by atoms with Gasteiger partial charge in [-0.3, -0.25) is 0 Å². The minimum atomic E-state index is 0.688. The number of aromatic nitrogens is 1. The summed E-state index contributed by atoms with van der Waals surface area (Å²) in [5.74, 6) is 0. The van der Waals surface area contributed by atoms with Crippen LogP contribution in [0.5, 0.6) is 0 Å². The van der Waals surface area contributed by atoms with Gasteiger partial charge in [0.25, 0.3) is 0 Å². The summed E-state index contributed by atoms with van der Waals surface area (Å²) in [7, 11) is 2.13. The Morgan fingerprint density at radius 2 is 2.26 bits per heavy atom. The van der Waals surface area contributed by atoms with Gasteiger partial charge in [0.15, 0.2) is 0 Å². The molecule has 1 aromatic carbocycles. The summed E-state index contributed by atoms with van der Waals surface area (Å²) >= 11 is 0. The predicted molar refractivity (Wildman–Crippen MR) is 80.5 cm³/mol. The van der Waals surface area contributed by atoms with Gasteiger partial charge in [0.1, 0.15) is 0 Å². The molecule has 19 heavy (non-hydrogen) atoms. The third-order valence-electron chi connectivity index (χ3n) is 4.10. The Hall–Kier alpha value is -1.32. The highest BCUT2D eigenvalue weighted by Crippen LogP contribution is 2.20. The summed E-state index contributed by atoms with van der Waals surface area (Å²) in [6, 6.07) is 9.34. The van der Waals surface area contributed by atoms with Crippen molar-refractivity contribution in [1.29, 1.82) is 0 Å². The van der Waals surface area contributed by atoms with Crippen LogP contribution in [0.4, 0.5) is 0 Å². The number of benzene rings is 1. The maximum absolute atomic E-state index is 3.58. The molecule has 1 aliphatic heterocycles. The number of fused-ring (bicyclic) bond motifs is 1. The molecule has 1 atom stereocenters. The quantitative estimate of drug-likeness (QED) is 0.803. The van der Waals surface area contributed by atoms with Gasteiger partial charge in [-0.05, 0) is 44.0 Å². The van der Waals surface area contributed by atoms with Gasteiger partial charge in [0.05, 0.1) is 0 Å². The Bertz CT molecular complexity index is 538. The Morgan fingerprint density at radius 1 is 1.37 bits per heavy atom. The molecule has 0 saturated carbocycles. The van der Waals surface area contributed by atoms with Crippen molar-refractivity contribution in [1.82, 2.24) is 15.2 Å². The van der Waals surface area contributed by atoms with E-state index in [9.17, 15) is 0 Å². The van der Waals surface area contributed by atoms with E-state index in [4.69, 9.17) is 0 Å². The van der Waals surface area contributed by atoms with E-state index < -0.39 is 0 Å². The zero-order valence-corrected chi connectivity index (χ0v) is 11.7. The predicted octanol–water partition coefficient (Wildman–Crippen LogP) is 2.06. The van der Waals surface area contributed by atoms with Crippen LogP contribution in [-0.4, -0.2) is 30.2 Å². The first-order valence-electron chi connectivity index (χ1n) is 7.31. The first-order valence-corrected chi connectivity index (χ1v) is 7.31. The highest BCUT2D eigenvalue weighted by molar-refractivity contribution is 5.83. The molecule has 3 rings (SSSR count). The van der Waals surface area contributed by atoms with Gasteiger partial charge < -0.3 is 15.2 Å². The van der Waals surface area contributed by atoms with E-state index in [0.717, 1.165) is 19.5 Å². The molecule has 3 heteroatoms. The molecule has 1 saturated heterocycles. The number of rotatable bonds is 5. The van der Waals surface area contributed by atoms with Crippen LogP contribution in [0.2, 0.25) is 0 Å². The molecular weight excluding hydrogens is 234 g/mol. The lowest BCUT2D eigenvalue weighted by atomic mass is 10.1. The zero-order chi connectivity index (χ0) is 13.1. The maximum atomic E-state index is 3.58. The fourth-order valence-electron chi connectivity index (χ4n) is 3.06. The van der Waals surface area contributed by atoms with Crippen LogP contribution in [0.25, 0.3) is 10.9 Å². The summed E-state index contributed by atoms with van der Waals surface area (Å²) in [5, 5.41) is 8.49. The van der Waals surface area contributed by atoms with Gasteiger partial charge in [0.2, 0.25) is 0 Å². The van der Waals surface area contributed by atoms with E-state index >= 15 is 0 Å². The Kier molecular flexibility index (Phi) is 3.85. The number of nitrogens with zero attached hydrogens (tertiary/aromatic N) is 1. The van der Waals surface area contributed by atoms with Gasteiger partial charge in [-0.15, -0.1) is 0 Å². The highest BCUT2D eigenvalue weighted by Gasteiger charge is 2.12. The molecule has 102 valence electrons. The maximum Gasteiger partial charge on any atom is 0.0480 e. The fourth-order valence-corrected chi connectivity index (χ4v) is 3.06. The Balaban J connectivity index is 1.56. The molecule has 1 aromatic heterocycles. The standard InChI is InChI=1S/C16H23N3/c1-19-12-13(15-6-2-3-7-16(15)19)8-10-17-11-14-5-4-9-18-14/h2-3,6-7,12,14,17-18H,4-5,8-11H2,1H3. The average Bonchev–Trinajstić information content (AvgIpc) is 3.04. The minimum Gasteiger partial charge on any atom is -0.350 e. The van der Waals surface area contributed by atoms with Gasteiger partial charge >= 0.3 is 0 Å². The molecule has 0 aliphatic carbocycles. The van der Waals surface area contributed by atoms with Gasteiger partial charge in [0, 0.05) is 36.7 Å². The van der Waals surface area contributed by atoms with Crippen LogP contribution in [-0.2, 0) is 13.5 Å². The average molecular weight is 257 g/mol. The molecule has 0 spiro atoms. The molecule has 1 aliphatic rings. The van der Waals surface area contributed by atoms with E-state index in [0.29, 0.717) is 6.04 Å². The van der Waals surface area contributed by atoms with Crippen molar-refractivity contribution in [3.63, 3.8) is 0 Å². The van der Waals surface area contributed by atoms with Crippen molar-refractivity contribution in [3.05, 3.63) is 36.0 Å². The van der Waals surface area contributed by atoms with Crippen LogP contribution < -0.4 is 10.6 Å². The number of hydrogen-bond donors (Lipinski definition) is 2. The Morgan fingerprint density at radius 3 is 3.11 bits per heavy atom. The van der Waals surface area contributed by atoms with E-state index in [1.54, 1.807) is 0 Å². The second kappa shape index (κ2) is 5.76. The zero-order valence-electron chi connectivity index (χ0n) is 11.7. The van der Waals surface area contributed by atoms with Crippen molar-refractivity contribution < 1.29 is 0 Å². The number of hydrogen-bond acceptors (Lipinski definition) is 2. The molecule has 1 unspecified atom stereocenters. The second-order valence-electron chi connectivity index (χ2n) is 5.53. The third kappa shape index (κ3) is 2.82. The summed E-state index contributed by atoms with van der Waals surface area (Å²) in [4.78, 5) is 0. The molecule has 2 aromatic rings. The van der Waals surface area contributed by atoms with Crippen molar-refractivity contribution in [2.45, 2.75) is 25.3 Å². The molecule has 0 radical (unpaired) electrons. The molecule has 1 fully saturated rings. The fraction of sp³-hybridized carbons (Fsp3) is 0.500. The largest absolute Gasteiger partial charge is 0.350 e. The summed E-state index contributed by atoms with van der Waals surface area (Å²) in [6.45, 7) is 3.35. The number of aryl methyl sites for hydroxylation is 1. The molecule has 0 amide bonds. The van der Waals surface area contributed by atoms with Crippen molar-refractivity contribution >= 4 is 10.9 Å². The van der Waals surface area contributed by atoms with E-state index in [2.05, 4.69) is 52.7 Å². The summed E-state index contributed by atoms with van der Waals surface area (Å²) in [6.07, 6.45) is 6.02. The highest BCUT2D eigenvalue weighted by atomic mass is 15.0. The van der Waals surface area contributed by atoms with Crippen LogP contribution in [0.15, 0.2) is 30.5 Å². The number of nitrogens with one attached hydrogen (secondary N) is 2.